The zero-order valence-electron chi connectivity index (χ0n) is 16.3. The molecule has 0 radical (unpaired) electrons. The molecule has 4 atom stereocenters. The third-order valence-corrected chi connectivity index (χ3v) is 4.54. The van der Waals surface area contributed by atoms with Crippen LogP contribution in [0.25, 0.3) is 0 Å². The summed E-state index contributed by atoms with van der Waals surface area (Å²) < 4.78 is 22.0. The van der Waals surface area contributed by atoms with Crippen molar-refractivity contribution in [2.24, 2.45) is 5.10 Å². The first kappa shape index (κ1) is 20.6. The zero-order valence-corrected chi connectivity index (χ0v) is 16.3. The standard InChI is InChI=1S/C18H30N4O4/c1-12(23-3)16-19-20-17(13(2)24-4)22(16)21-15(18(25-5)26-6)14-10-8-7-9-11-14/h7-13,15-16,18-19,21H,1-6H3/t12-,13-,15+,16?/m0/s1. The maximum Gasteiger partial charge on any atom is 0.177 e. The van der Waals surface area contributed by atoms with Crippen molar-refractivity contribution in [3.63, 3.8) is 0 Å². The van der Waals surface area contributed by atoms with Crippen LogP contribution >= 0.6 is 0 Å². The van der Waals surface area contributed by atoms with E-state index in [1.165, 1.54) is 0 Å². The number of amidine groups is 1. The lowest BCUT2D eigenvalue weighted by Gasteiger charge is -2.37. The summed E-state index contributed by atoms with van der Waals surface area (Å²) in [5.74, 6) is 0.730. The molecule has 1 aromatic carbocycles. The van der Waals surface area contributed by atoms with Gasteiger partial charge in [-0.3, -0.25) is 10.4 Å². The van der Waals surface area contributed by atoms with E-state index in [2.05, 4.69) is 16.0 Å². The average molecular weight is 366 g/mol. The molecule has 0 saturated carbocycles. The van der Waals surface area contributed by atoms with Crippen LogP contribution in [0, 0.1) is 0 Å². The molecule has 2 N–H and O–H groups in total. The van der Waals surface area contributed by atoms with Crippen molar-refractivity contribution in [2.45, 2.75) is 44.6 Å². The normalized spacial score (nSPS) is 20.7. The smallest absolute Gasteiger partial charge is 0.177 e. The van der Waals surface area contributed by atoms with E-state index in [9.17, 15) is 0 Å². The minimum atomic E-state index is -0.490. The first-order chi connectivity index (χ1) is 12.6. The second-order valence-corrected chi connectivity index (χ2v) is 6.09. The molecular weight excluding hydrogens is 336 g/mol. The van der Waals surface area contributed by atoms with Crippen molar-refractivity contribution >= 4 is 5.84 Å². The fourth-order valence-electron chi connectivity index (χ4n) is 2.84. The number of benzene rings is 1. The molecule has 8 nitrogen and oxygen atoms in total. The molecule has 1 heterocycles. The Morgan fingerprint density at radius 2 is 1.65 bits per heavy atom. The van der Waals surface area contributed by atoms with Gasteiger partial charge < -0.3 is 18.9 Å². The van der Waals surface area contributed by atoms with E-state index >= 15 is 0 Å². The molecule has 0 amide bonds. The van der Waals surface area contributed by atoms with E-state index in [-0.39, 0.29) is 24.4 Å². The van der Waals surface area contributed by atoms with Gasteiger partial charge in [0.15, 0.2) is 18.3 Å². The number of nitrogens with one attached hydrogen (secondary N) is 2. The molecule has 1 unspecified atom stereocenters. The number of hydrogen-bond donors (Lipinski definition) is 2. The maximum atomic E-state index is 5.54. The van der Waals surface area contributed by atoms with Crippen LogP contribution < -0.4 is 10.9 Å². The zero-order chi connectivity index (χ0) is 19.1. The summed E-state index contributed by atoms with van der Waals surface area (Å²) in [4.78, 5) is 0. The number of hydrazine groups is 1. The number of methoxy groups -OCH3 is 4. The fraction of sp³-hybridized carbons (Fsp3) is 0.611. The quantitative estimate of drug-likeness (QED) is 0.607. The van der Waals surface area contributed by atoms with Crippen LogP contribution in [0.2, 0.25) is 0 Å². The molecule has 0 spiro atoms. The summed E-state index contributed by atoms with van der Waals surface area (Å²) in [6.07, 6.45) is -1.01. The molecular formula is C18H30N4O4. The summed E-state index contributed by atoms with van der Waals surface area (Å²) in [6.45, 7) is 3.92. The molecule has 0 saturated heterocycles. The molecule has 1 aliphatic rings. The lowest BCUT2D eigenvalue weighted by atomic mass is 10.1. The molecule has 0 aliphatic carbocycles. The van der Waals surface area contributed by atoms with Gasteiger partial charge in [0.1, 0.15) is 12.1 Å². The summed E-state index contributed by atoms with van der Waals surface area (Å²) in [7, 11) is 6.57. The maximum absolute atomic E-state index is 5.54. The van der Waals surface area contributed by atoms with Crippen LogP contribution in [0.1, 0.15) is 25.5 Å². The topological polar surface area (TPSA) is 76.6 Å². The van der Waals surface area contributed by atoms with Crippen LogP contribution in [0.5, 0.6) is 0 Å². The van der Waals surface area contributed by atoms with E-state index in [1.807, 2.05) is 49.2 Å². The van der Waals surface area contributed by atoms with Gasteiger partial charge in [0.2, 0.25) is 0 Å². The van der Waals surface area contributed by atoms with Crippen molar-refractivity contribution in [1.82, 2.24) is 15.9 Å². The number of hydrogen-bond acceptors (Lipinski definition) is 8. The van der Waals surface area contributed by atoms with Gasteiger partial charge in [-0.15, -0.1) is 0 Å². The average Bonchev–Trinajstić information content (AvgIpc) is 3.11. The largest absolute Gasteiger partial charge is 0.378 e. The Balaban J connectivity index is 2.33. The minimum absolute atomic E-state index is 0.118. The van der Waals surface area contributed by atoms with E-state index in [1.54, 1.807) is 28.4 Å². The highest BCUT2D eigenvalue weighted by atomic mass is 16.7. The predicted molar refractivity (Wildman–Crippen MR) is 99.3 cm³/mol. The van der Waals surface area contributed by atoms with E-state index < -0.39 is 6.29 Å². The highest BCUT2D eigenvalue weighted by Gasteiger charge is 2.38. The number of hydrazone groups is 1. The lowest BCUT2D eigenvalue weighted by Crippen LogP contribution is -2.58. The Kier molecular flexibility index (Phi) is 7.80. The van der Waals surface area contributed by atoms with Gasteiger partial charge >= 0.3 is 0 Å². The number of nitrogens with zero attached hydrogens (tertiary/aromatic N) is 2. The number of rotatable bonds is 10. The lowest BCUT2D eigenvalue weighted by molar-refractivity contribution is -0.135. The van der Waals surface area contributed by atoms with Crippen molar-refractivity contribution in [1.29, 1.82) is 0 Å². The van der Waals surface area contributed by atoms with Crippen LogP contribution in [0.3, 0.4) is 0 Å². The summed E-state index contributed by atoms with van der Waals surface area (Å²) >= 11 is 0. The van der Waals surface area contributed by atoms with Gasteiger partial charge in [0, 0.05) is 28.4 Å². The molecule has 0 fully saturated rings. The van der Waals surface area contributed by atoms with Crippen LogP contribution in [-0.4, -0.2) is 63.9 Å². The van der Waals surface area contributed by atoms with Crippen molar-refractivity contribution < 1.29 is 18.9 Å². The van der Waals surface area contributed by atoms with Crippen LogP contribution in [0.15, 0.2) is 35.4 Å². The van der Waals surface area contributed by atoms with Gasteiger partial charge in [-0.25, -0.2) is 5.43 Å². The summed E-state index contributed by atoms with van der Waals surface area (Å²) in [5.41, 5.74) is 7.64. The van der Waals surface area contributed by atoms with Crippen molar-refractivity contribution in [2.75, 3.05) is 28.4 Å². The van der Waals surface area contributed by atoms with Crippen LogP contribution in [0.4, 0.5) is 0 Å². The Morgan fingerprint density at radius 1 is 1.00 bits per heavy atom. The molecule has 8 heteroatoms. The predicted octanol–water partition coefficient (Wildman–Crippen LogP) is 1.47. The molecule has 0 aromatic heterocycles. The van der Waals surface area contributed by atoms with Crippen molar-refractivity contribution in [3.8, 4) is 0 Å². The Morgan fingerprint density at radius 3 is 2.19 bits per heavy atom. The third kappa shape index (κ3) is 4.52. The molecule has 1 aliphatic heterocycles. The third-order valence-electron chi connectivity index (χ3n) is 4.54. The summed E-state index contributed by atoms with van der Waals surface area (Å²) in [5, 5.41) is 6.38. The van der Waals surface area contributed by atoms with Gasteiger partial charge in [-0.05, 0) is 19.4 Å². The highest BCUT2D eigenvalue weighted by Crippen LogP contribution is 2.23. The molecule has 146 valence electrons. The van der Waals surface area contributed by atoms with Gasteiger partial charge in [0.05, 0.1) is 6.10 Å². The Hall–Kier alpha value is -1.71. The first-order valence-electron chi connectivity index (χ1n) is 8.62. The highest BCUT2D eigenvalue weighted by molar-refractivity contribution is 5.87. The van der Waals surface area contributed by atoms with Gasteiger partial charge in [0.25, 0.3) is 0 Å². The number of ether oxygens (including phenoxy) is 4. The SMILES string of the molecule is COC(OC)[C@H](NN1C([C@H](C)OC)=NNC1[C@H](C)OC)c1ccccc1. The summed E-state index contributed by atoms with van der Waals surface area (Å²) in [6, 6.07) is 9.73. The van der Waals surface area contributed by atoms with Crippen LogP contribution in [-0.2, 0) is 18.9 Å². The fourth-order valence-corrected chi connectivity index (χ4v) is 2.84. The van der Waals surface area contributed by atoms with Gasteiger partial charge in [-0.2, -0.15) is 5.10 Å². The van der Waals surface area contributed by atoms with Gasteiger partial charge in [-0.1, -0.05) is 30.3 Å². The first-order valence-corrected chi connectivity index (χ1v) is 8.62. The second-order valence-electron chi connectivity index (χ2n) is 6.09. The van der Waals surface area contributed by atoms with E-state index in [4.69, 9.17) is 18.9 Å². The Bertz CT molecular complexity index is 568. The Labute approximate surface area is 155 Å². The molecule has 1 aromatic rings. The second kappa shape index (κ2) is 9.84. The van der Waals surface area contributed by atoms with E-state index in [0.717, 1.165) is 11.4 Å². The minimum Gasteiger partial charge on any atom is -0.378 e. The van der Waals surface area contributed by atoms with E-state index in [0.29, 0.717) is 0 Å². The van der Waals surface area contributed by atoms with Crippen molar-refractivity contribution in [3.05, 3.63) is 35.9 Å². The molecule has 2 rings (SSSR count). The monoisotopic (exact) mass is 366 g/mol. The molecule has 26 heavy (non-hydrogen) atoms. The molecule has 0 bridgehead atoms.